The van der Waals surface area contributed by atoms with Crippen LogP contribution in [0, 0.1) is 0 Å². The molecule has 1 amide bonds. The quantitative estimate of drug-likeness (QED) is 0.852. The normalized spacial score (nSPS) is 17.5. The van der Waals surface area contributed by atoms with Crippen LogP contribution >= 0.6 is 0 Å². The molecule has 0 radical (unpaired) electrons. The third-order valence-corrected chi connectivity index (χ3v) is 3.28. The molecule has 1 aliphatic heterocycles. The third kappa shape index (κ3) is 3.21. The number of aryl methyl sites for hydroxylation is 1. The lowest BCUT2D eigenvalue weighted by Gasteiger charge is -2.34. The van der Waals surface area contributed by atoms with E-state index in [1.807, 2.05) is 0 Å². The molecule has 0 spiro atoms. The lowest BCUT2D eigenvalue weighted by atomic mass is 10.2. The molecule has 0 saturated carbocycles. The number of nitrogen functional groups attached to an aromatic ring is 1. The van der Waals surface area contributed by atoms with Gasteiger partial charge in [-0.15, -0.1) is 0 Å². The second kappa shape index (κ2) is 5.31. The molecule has 2 heterocycles. The Morgan fingerprint density at radius 2 is 1.95 bits per heavy atom. The van der Waals surface area contributed by atoms with E-state index in [1.165, 1.54) is 20.7 Å². The van der Waals surface area contributed by atoms with E-state index in [2.05, 4.69) is 5.10 Å². The third-order valence-electron chi connectivity index (χ3n) is 3.28. The molecule has 112 valence electrons. The van der Waals surface area contributed by atoms with Crippen molar-refractivity contribution in [3.63, 3.8) is 0 Å². The molecule has 9 heteroatoms. The number of anilines is 1. The number of hydrogen-bond donors (Lipinski definition) is 1. The van der Waals surface area contributed by atoms with E-state index in [4.69, 9.17) is 5.73 Å². The van der Waals surface area contributed by atoms with E-state index in [1.54, 1.807) is 7.05 Å². The first-order chi connectivity index (χ1) is 9.28. The molecular weight excluding hydrogens is 275 g/mol. The number of nitrogens with two attached hydrogens (primary N) is 1. The Bertz CT molecular complexity index is 491. The van der Waals surface area contributed by atoms with E-state index in [0.29, 0.717) is 0 Å². The van der Waals surface area contributed by atoms with Gasteiger partial charge in [-0.2, -0.15) is 18.3 Å². The monoisotopic (exact) mass is 291 g/mol. The van der Waals surface area contributed by atoms with Crippen molar-refractivity contribution < 1.29 is 18.0 Å². The Morgan fingerprint density at radius 3 is 2.40 bits per heavy atom. The van der Waals surface area contributed by atoms with Crippen LogP contribution in [0.15, 0.2) is 6.20 Å². The molecule has 20 heavy (non-hydrogen) atoms. The highest BCUT2D eigenvalue weighted by molar-refractivity contribution is 5.98. The molecule has 1 aromatic rings. The SMILES string of the molecule is Cn1ncc(C(=O)N2CCN(CC(F)(F)F)CC2)c1N. The van der Waals surface area contributed by atoms with Gasteiger partial charge in [-0.3, -0.25) is 14.4 Å². The molecule has 1 fully saturated rings. The molecule has 0 atom stereocenters. The maximum absolute atomic E-state index is 12.3. The fourth-order valence-electron chi connectivity index (χ4n) is 2.14. The van der Waals surface area contributed by atoms with Gasteiger partial charge in [-0.1, -0.05) is 0 Å². The summed E-state index contributed by atoms with van der Waals surface area (Å²) in [5, 5.41) is 3.88. The second-order valence-electron chi connectivity index (χ2n) is 4.75. The van der Waals surface area contributed by atoms with Crippen LogP contribution < -0.4 is 5.73 Å². The van der Waals surface area contributed by atoms with Crippen LogP contribution in [-0.4, -0.2) is 64.4 Å². The lowest BCUT2D eigenvalue weighted by Crippen LogP contribution is -2.50. The Morgan fingerprint density at radius 1 is 1.35 bits per heavy atom. The molecule has 1 aromatic heterocycles. The Labute approximate surface area is 113 Å². The maximum atomic E-state index is 12.3. The number of piperazine rings is 1. The summed E-state index contributed by atoms with van der Waals surface area (Å²) in [6.07, 6.45) is -2.83. The highest BCUT2D eigenvalue weighted by Gasteiger charge is 2.33. The van der Waals surface area contributed by atoms with Crippen molar-refractivity contribution in [2.75, 3.05) is 38.5 Å². The molecule has 0 unspecified atom stereocenters. The summed E-state index contributed by atoms with van der Waals surface area (Å²) < 4.78 is 38.2. The van der Waals surface area contributed by atoms with Crippen LogP contribution in [0.1, 0.15) is 10.4 Å². The molecular formula is C11H16F3N5O. The van der Waals surface area contributed by atoms with E-state index in [9.17, 15) is 18.0 Å². The number of alkyl halides is 3. The Hall–Kier alpha value is -1.77. The second-order valence-corrected chi connectivity index (χ2v) is 4.75. The van der Waals surface area contributed by atoms with E-state index < -0.39 is 12.7 Å². The molecule has 1 saturated heterocycles. The highest BCUT2D eigenvalue weighted by Crippen LogP contribution is 2.19. The lowest BCUT2D eigenvalue weighted by molar-refractivity contribution is -0.148. The molecule has 2 N–H and O–H groups in total. The summed E-state index contributed by atoms with van der Waals surface area (Å²) in [5.74, 6) is -0.0324. The molecule has 0 aliphatic carbocycles. The number of aromatic nitrogens is 2. The minimum Gasteiger partial charge on any atom is -0.383 e. The maximum Gasteiger partial charge on any atom is 0.401 e. The minimum atomic E-state index is -4.21. The summed E-state index contributed by atoms with van der Waals surface area (Å²) in [6, 6.07) is 0. The van der Waals surface area contributed by atoms with Crippen molar-refractivity contribution in [1.29, 1.82) is 0 Å². The van der Waals surface area contributed by atoms with Crippen LogP contribution in [-0.2, 0) is 7.05 Å². The van der Waals surface area contributed by atoms with E-state index in [0.717, 1.165) is 0 Å². The summed E-state index contributed by atoms with van der Waals surface area (Å²) >= 11 is 0. The molecule has 6 nitrogen and oxygen atoms in total. The van der Waals surface area contributed by atoms with E-state index >= 15 is 0 Å². The van der Waals surface area contributed by atoms with Crippen molar-refractivity contribution in [1.82, 2.24) is 19.6 Å². The average molecular weight is 291 g/mol. The molecule has 0 bridgehead atoms. The van der Waals surface area contributed by atoms with Crippen LogP contribution in [0.2, 0.25) is 0 Å². The van der Waals surface area contributed by atoms with Gasteiger partial charge in [0.05, 0.1) is 12.7 Å². The van der Waals surface area contributed by atoms with Crippen molar-refractivity contribution in [2.45, 2.75) is 6.18 Å². The van der Waals surface area contributed by atoms with Gasteiger partial charge in [0, 0.05) is 33.2 Å². The predicted octanol–water partition coefficient (Wildman–Crippen LogP) is 0.322. The van der Waals surface area contributed by atoms with Gasteiger partial charge in [-0.25, -0.2) is 0 Å². The van der Waals surface area contributed by atoms with Gasteiger partial charge in [0.1, 0.15) is 11.4 Å². The smallest absolute Gasteiger partial charge is 0.383 e. The molecule has 1 aliphatic rings. The zero-order valence-electron chi connectivity index (χ0n) is 11.0. The number of carbonyl (C=O) groups excluding carboxylic acids is 1. The van der Waals surface area contributed by atoms with Gasteiger partial charge in [0.15, 0.2) is 0 Å². The summed E-state index contributed by atoms with van der Waals surface area (Å²) in [4.78, 5) is 15.0. The molecule has 2 rings (SSSR count). The summed E-state index contributed by atoms with van der Waals surface area (Å²) in [6.45, 7) is -0.0343. The first-order valence-corrected chi connectivity index (χ1v) is 6.14. The van der Waals surface area contributed by atoms with Crippen molar-refractivity contribution in [3.05, 3.63) is 11.8 Å². The first kappa shape index (κ1) is 14.6. The minimum absolute atomic E-state index is 0.200. The van der Waals surface area contributed by atoms with E-state index in [-0.39, 0.29) is 43.5 Å². The fourth-order valence-corrected chi connectivity index (χ4v) is 2.14. The first-order valence-electron chi connectivity index (χ1n) is 6.14. The van der Waals surface area contributed by atoms with Crippen LogP contribution in [0.3, 0.4) is 0 Å². The Balaban J connectivity index is 1.94. The molecule has 0 aromatic carbocycles. The van der Waals surface area contributed by atoms with Crippen molar-refractivity contribution in [2.24, 2.45) is 7.05 Å². The average Bonchev–Trinajstić information content (AvgIpc) is 2.68. The number of hydrogen-bond acceptors (Lipinski definition) is 4. The number of nitrogens with zero attached hydrogens (tertiary/aromatic N) is 4. The number of carbonyl (C=O) groups is 1. The fraction of sp³-hybridized carbons (Fsp3) is 0.636. The summed E-state index contributed by atoms with van der Waals surface area (Å²) in [5.41, 5.74) is 6.00. The van der Waals surface area contributed by atoms with Gasteiger partial charge < -0.3 is 10.6 Å². The van der Waals surface area contributed by atoms with Gasteiger partial charge >= 0.3 is 6.18 Å². The van der Waals surface area contributed by atoms with Crippen molar-refractivity contribution in [3.8, 4) is 0 Å². The zero-order valence-corrected chi connectivity index (χ0v) is 11.0. The highest BCUT2D eigenvalue weighted by atomic mass is 19.4. The number of amides is 1. The van der Waals surface area contributed by atoms with Gasteiger partial charge in [0.2, 0.25) is 0 Å². The predicted molar refractivity (Wildman–Crippen MR) is 66.0 cm³/mol. The number of halogens is 3. The van der Waals surface area contributed by atoms with Gasteiger partial charge in [-0.05, 0) is 0 Å². The standard InChI is InChI=1S/C11H16F3N5O/c1-17-9(15)8(6-16-17)10(20)19-4-2-18(3-5-19)7-11(12,13)14/h6H,2-5,7,15H2,1H3. The van der Waals surface area contributed by atoms with Crippen LogP contribution in [0.4, 0.5) is 19.0 Å². The summed E-state index contributed by atoms with van der Waals surface area (Å²) in [7, 11) is 1.62. The largest absolute Gasteiger partial charge is 0.401 e. The number of rotatable bonds is 2. The van der Waals surface area contributed by atoms with Gasteiger partial charge in [0.25, 0.3) is 5.91 Å². The van der Waals surface area contributed by atoms with Crippen molar-refractivity contribution >= 4 is 11.7 Å². The van der Waals surface area contributed by atoms with Crippen LogP contribution in [0.25, 0.3) is 0 Å². The topological polar surface area (TPSA) is 67.4 Å². The van der Waals surface area contributed by atoms with Crippen LogP contribution in [0.5, 0.6) is 0 Å². The zero-order chi connectivity index (χ0) is 14.9. The Kier molecular flexibility index (Phi) is 3.89.